The molecule has 0 fully saturated rings. The number of carboxylic acid groups (broad SMARTS) is 1. The van der Waals surface area contributed by atoms with Gasteiger partial charge in [0.05, 0.1) is 5.56 Å². The van der Waals surface area contributed by atoms with Crippen LogP contribution in [-0.4, -0.2) is 48.7 Å². The van der Waals surface area contributed by atoms with Gasteiger partial charge in [-0.2, -0.15) is 0 Å². The maximum Gasteiger partial charge on any atom is 0.335 e. The van der Waals surface area contributed by atoms with E-state index in [1.54, 1.807) is 17.0 Å². The van der Waals surface area contributed by atoms with E-state index < -0.39 is 5.97 Å². The zero-order valence-electron chi connectivity index (χ0n) is 12.2. The molecule has 1 aromatic rings. The number of carbonyl (C=O) groups is 2. The van der Waals surface area contributed by atoms with Crippen molar-refractivity contribution in [3.8, 4) is 0 Å². The lowest BCUT2D eigenvalue weighted by Gasteiger charge is -2.29. The van der Waals surface area contributed by atoms with Crippen molar-refractivity contribution in [2.24, 2.45) is 0 Å². The van der Waals surface area contributed by atoms with Crippen LogP contribution in [0.15, 0.2) is 18.2 Å². The highest BCUT2D eigenvalue weighted by molar-refractivity contribution is 5.90. The van der Waals surface area contributed by atoms with Gasteiger partial charge in [-0.1, -0.05) is 12.1 Å². The summed E-state index contributed by atoms with van der Waals surface area (Å²) in [6.07, 6.45) is 1.47. The number of nitrogens with one attached hydrogen (secondary N) is 2. The smallest absolute Gasteiger partial charge is 0.335 e. The van der Waals surface area contributed by atoms with Crippen LogP contribution in [0, 0.1) is 0 Å². The summed E-state index contributed by atoms with van der Waals surface area (Å²) in [5, 5.41) is 15.1. The fourth-order valence-electron chi connectivity index (χ4n) is 2.56. The van der Waals surface area contributed by atoms with Crippen LogP contribution < -0.4 is 10.6 Å². The second-order valence-corrected chi connectivity index (χ2v) is 5.11. The van der Waals surface area contributed by atoms with Gasteiger partial charge in [-0.05, 0) is 43.6 Å². The third-order valence-electron chi connectivity index (χ3n) is 3.66. The lowest BCUT2D eigenvalue weighted by atomic mass is 9.95. The molecule has 2 amide bonds. The molecule has 0 unspecified atom stereocenters. The van der Waals surface area contributed by atoms with E-state index in [4.69, 9.17) is 0 Å². The molecule has 0 aliphatic carbocycles. The summed E-state index contributed by atoms with van der Waals surface area (Å²) in [6.45, 7) is 2.52. The normalized spacial score (nSPS) is 13.7. The number of carboxylic acids is 1. The molecule has 0 aromatic heterocycles. The van der Waals surface area contributed by atoms with Crippen LogP contribution in [0.1, 0.15) is 27.9 Å². The Morgan fingerprint density at radius 2 is 2.14 bits per heavy atom. The molecule has 0 radical (unpaired) electrons. The van der Waals surface area contributed by atoms with Crippen molar-refractivity contribution in [1.29, 1.82) is 0 Å². The Kier molecular flexibility index (Phi) is 5.16. The number of benzene rings is 1. The summed E-state index contributed by atoms with van der Waals surface area (Å²) in [5.74, 6) is -0.906. The molecule has 0 saturated heterocycles. The molecule has 21 heavy (non-hydrogen) atoms. The fraction of sp³-hybridized carbons (Fsp3) is 0.467. The number of hydrogen-bond donors (Lipinski definition) is 3. The van der Waals surface area contributed by atoms with Gasteiger partial charge < -0.3 is 20.6 Å². The standard InChI is InChI=1S/C15H21N3O3/c1-16-7-3-8-17-15(21)18-9-6-12-11(10-18)4-2-5-13(12)14(19)20/h2,4-5,16H,3,6-10H2,1H3,(H,17,21)(H,19,20). The van der Waals surface area contributed by atoms with E-state index in [1.807, 2.05) is 13.1 Å². The molecule has 0 atom stereocenters. The minimum absolute atomic E-state index is 0.0857. The van der Waals surface area contributed by atoms with Crippen LogP contribution in [0.3, 0.4) is 0 Å². The Bertz CT molecular complexity index is 531. The Morgan fingerprint density at radius 3 is 2.86 bits per heavy atom. The zero-order valence-corrected chi connectivity index (χ0v) is 12.2. The summed E-state index contributed by atoms with van der Waals surface area (Å²) in [6, 6.07) is 5.16. The number of amides is 2. The number of rotatable bonds is 5. The molecule has 2 rings (SSSR count). The Hall–Kier alpha value is -2.08. The van der Waals surface area contributed by atoms with Gasteiger partial charge in [-0.25, -0.2) is 9.59 Å². The molecule has 6 nitrogen and oxygen atoms in total. The Labute approximate surface area is 124 Å². The maximum absolute atomic E-state index is 12.1. The molecular weight excluding hydrogens is 270 g/mol. The highest BCUT2D eigenvalue weighted by atomic mass is 16.4. The van der Waals surface area contributed by atoms with Crippen molar-refractivity contribution in [3.05, 3.63) is 34.9 Å². The SMILES string of the molecule is CNCCCNC(=O)N1CCc2c(cccc2C(=O)O)C1. The van der Waals surface area contributed by atoms with Crippen LogP contribution in [-0.2, 0) is 13.0 Å². The van der Waals surface area contributed by atoms with Gasteiger partial charge in [0.2, 0.25) is 0 Å². The van der Waals surface area contributed by atoms with Crippen molar-refractivity contribution in [1.82, 2.24) is 15.5 Å². The van der Waals surface area contributed by atoms with E-state index in [9.17, 15) is 14.7 Å². The fourth-order valence-corrected chi connectivity index (χ4v) is 2.56. The highest BCUT2D eigenvalue weighted by Gasteiger charge is 2.23. The lowest BCUT2D eigenvalue weighted by Crippen LogP contribution is -2.43. The van der Waals surface area contributed by atoms with E-state index in [0.29, 0.717) is 31.6 Å². The lowest BCUT2D eigenvalue weighted by molar-refractivity contribution is 0.0695. The quantitative estimate of drug-likeness (QED) is 0.709. The number of aromatic carboxylic acids is 1. The predicted molar refractivity (Wildman–Crippen MR) is 79.5 cm³/mol. The van der Waals surface area contributed by atoms with E-state index in [2.05, 4.69) is 10.6 Å². The van der Waals surface area contributed by atoms with Crippen molar-refractivity contribution in [2.75, 3.05) is 26.7 Å². The Morgan fingerprint density at radius 1 is 1.33 bits per heavy atom. The average molecular weight is 291 g/mol. The first-order valence-corrected chi connectivity index (χ1v) is 7.15. The van der Waals surface area contributed by atoms with Crippen molar-refractivity contribution < 1.29 is 14.7 Å². The third kappa shape index (κ3) is 3.72. The van der Waals surface area contributed by atoms with E-state index in [1.165, 1.54) is 0 Å². The second-order valence-electron chi connectivity index (χ2n) is 5.11. The first kappa shape index (κ1) is 15.3. The second kappa shape index (κ2) is 7.08. The molecule has 0 bridgehead atoms. The first-order chi connectivity index (χ1) is 10.1. The predicted octanol–water partition coefficient (Wildman–Crippen LogP) is 1.06. The number of urea groups is 1. The number of carbonyl (C=O) groups excluding carboxylic acids is 1. The number of fused-ring (bicyclic) bond motifs is 1. The van der Waals surface area contributed by atoms with Gasteiger partial charge in [0.15, 0.2) is 0 Å². The van der Waals surface area contributed by atoms with E-state index in [0.717, 1.165) is 24.1 Å². The van der Waals surface area contributed by atoms with E-state index in [-0.39, 0.29) is 6.03 Å². The molecule has 1 aliphatic heterocycles. The van der Waals surface area contributed by atoms with Gasteiger partial charge in [-0.3, -0.25) is 0 Å². The minimum atomic E-state index is -0.906. The van der Waals surface area contributed by atoms with Gasteiger partial charge in [0, 0.05) is 19.6 Å². The summed E-state index contributed by atoms with van der Waals surface area (Å²) in [5.41, 5.74) is 2.12. The summed E-state index contributed by atoms with van der Waals surface area (Å²) in [7, 11) is 1.88. The van der Waals surface area contributed by atoms with E-state index >= 15 is 0 Å². The number of nitrogens with zero attached hydrogens (tertiary/aromatic N) is 1. The van der Waals surface area contributed by atoms with Gasteiger partial charge >= 0.3 is 12.0 Å². The largest absolute Gasteiger partial charge is 0.478 e. The van der Waals surface area contributed by atoms with Gasteiger partial charge in [0.25, 0.3) is 0 Å². The monoisotopic (exact) mass is 291 g/mol. The number of hydrogen-bond acceptors (Lipinski definition) is 3. The Balaban J connectivity index is 1.98. The molecule has 3 N–H and O–H groups in total. The highest BCUT2D eigenvalue weighted by Crippen LogP contribution is 2.22. The van der Waals surface area contributed by atoms with Gasteiger partial charge in [-0.15, -0.1) is 0 Å². The molecule has 0 saturated carbocycles. The summed E-state index contributed by atoms with van der Waals surface area (Å²) >= 11 is 0. The molecule has 1 heterocycles. The molecule has 1 aromatic carbocycles. The molecule has 6 heteroatoms. The van der Waals surface area contributed by atoms with Crippen molar-refractivity contribution in [3.63, 3.8) is 0 Å². The van der Waals surface area contributed by atoms with Crippen LogP contribution in [0.4, 0.5) is 4.79 Å². The molecule has 1 aliphatic rings. The molecular formula is C15H21N3O3. The van der Waals surface area contributed by atoms with Crippen molar-refractivity contribution >= 4 is 12.0 Å². The van der Waals surface area contributed by atoms with Crippen LogP contribution in [0.25, 0.3) is 0 Å². The summed E-state index contributed by atoms with van der Waals surface area (Å²) in [4.78, 5) is 25.0. The molecule has 0 spiro atoms. The summed E-state index contributed by atoms with van der Waals surface area (Å²) < 4.78 is 0. The molecule has 114 valence electrons. The van der Waals surface area contributed by atoms with Crippen LogP contribution in [0.5, 0.6) is 0 Å². The average Bonchev–Trinajstić information content (AvgIpc) is 2.50. The minimum Gasteiger partial charge on any atom is -0.478 e. The zero-order chi connectivity index (χ0) is 15.2. The van der Waals surface area contributed by atoms with Crippen molar-refractivity contribution in [2.45, 2.75) is 19.4 Å². The van der Waals surface area contributed by atoms with Crippen LogP contribution >= 0.6 is 0 Å². The van der Waals surface area contributed by atoms with Crippen LogP contribution in [0.2, 0.25) is 0 Å². The third-order valence-corrected chi connectivity index (χ3v) is 3.66. The topological polar surface area (TPSA) is 81.7 Å². The first-order valence-electron chi connectivity index (χ1n) is 7.15. The maximum atomic E-state index is 12.1. The van der Waals surface area contributed by atoms with Gasteiger partial charge in [0.1, 0.15) is 0 Å².